The number of hydrogen-bond acceptors (Lipinski definition) is 7. The monoisotopic (exact) mass is 640 g/mol. The number of anilines is 2. The number of nitrogens with two attached hydrogens (primary N) is 2. The van der Waals surface area contributed by atoms with Crippen molar-refractivity contribution < 1.29 is 32.3 Å². The molecule has 0 aromatic heterocycles. The van der Waals surface area contributed by atoms with Crippen LogP contribution in [0.3, 0.4) is 0 Å². The molecule has 242 valence electrons. The fourth-order valence-electron chi connectivity index (χ4n) is 4.77. The van der Waals surface area contributed by atoms with Crippen LogP contribution in [-0.2, 0) is 22.3 Å². The second-order valence-electron chi connectivity index (χ2n) is 11.8. The summed E-state index contributed by atoms with van der Waals surface area (Å²) >= 11 is 6.01. The maximum atomic E-state index is 13.5. The highest BCUT2D eigenvalue weighted by Crippen LogP contribution is 2.32. The van der Waals surface area contributed by atoms with Gasteiger partial charge in [0.15, 0.2) is 0 Å². The number of benzene rings is 2. The first-order valence-electron chi connectivity index (χ1n) is 14.3. The van der Waals surface area contributed by atoms with Crippen LogP contribution in [-0.4, -0.2) is 60.1 Å². The van der Waals surface area contributed by atoms with Gasteiger partial charge in [0.25, 0.3) is 5.91 Å². The molecule has 2 aromatic carbocycles. The lowest BCUT2D eigenvalue weighted by Crippen LogP contribution is -2.50. The van der Waals surface area contributed by atoms with E-state index in [2.05, 4.69) is 20.9 Å². The molecule has 7 N–H and O–H groups in total. The van der Waals surface area contributed by atoms with Gasteiger partial charge in [-0.2, -0.15) is 13.2 Å². The first-order chi connectivity index (χ1) is 20.6. The van der Waals surface area contributed by atoms with Crippen molar-refractivity contribution >= 4 is 40.9 Å². The fraction of sp³-hybridized carbons (Fsp3) is 0.500. The molecule has 44 heavy (non-hydrogen) atoms. The van der Waals surface area contributed by atoms with Gasteiger partial charge in [0.1, 0.15) is 11.6 Å². The van der Waals surface area contributed by atoms with E-state index < -0.39 is 46.9 Å². The molecule has 0 bridgehead atoms. The Balaban J connectivity index is 1.74. The van der Waals surface area contributed by atoms with Crippen molar-refractivity contribution in [2.75, 3.05) is 30.7 Å². The number of carbonyl (C=O) groups is 3. The number of nitrogens with one attached hydrogen (secondary N) is 3. The van der Waals surface area contributed by atoms with E-state index in [9.17, 15) is 27.6 Å². The number of halogens is 4. The number of hydrogen-bond donors (Lipinski definition) is 5. The zero-order chi connectivity index (χ0) is 32.7. The number of rotatable bonds is 11. The van der Waals surface area contributed by atoms with Crippen LogP contribution in [0.5, 0.6) is 0 Å². The van der Waals surface area contributed by atoms with Gasteiger partial charge >= 0.3 is 12.3 Å². The third-order valence-corrected chi connectivity index (χ3v) is 7.23. The van der Waals surface area contributed by atoms with E-state index in [4.69, 9.17) is 27.8 Å². The van der Waals surface area contributed by atoms with Gasteiger partial charge in [0, 0.05) is 25.7 Å². The van der Waals surface area contributed by atoms with Gasteiger partial charge in [-0.1, -0.05) is 17.7 Å². The molecule has 1 saturated heterocycles. The second-order valence-corrected chi connectivity index (χ2v) is 12.2. The van der Waals surface area contributed by atoms with E-state index in [1.807, 2.05) is 6.07 Å². The molecule has 0 unspecified atom stereocenters. The molecule has 0 saturated carbocycles. The van der Waals surface area contributed by atoms with Crippen molar-refractivity contribution in [3.05, 3.63) is 58.1 Å². The second kappa shape index (κ2) is 15.0. The summed E-state index contributed by atoms with van der Waals surface area (Å²) in [6.45, 7) is 7.09. The Labute approximate surface area is 260 Å². The Kier molecular flexibility index (Phi) is 11.9. The first-order valence-corrected chi connectivity index (χ1v) is 14.7. The molecule has 1 aliphatic heterocycles. The average Bonchev–Trinajstić information content (AvgIpc) is 3.35. The molecular weight excluding hydrogens is 601 g/mol. The predicted octanol–water partition coefficient (Wildman–Crippen LogP) is 4.91. The van der Waals surface area contributed by atoms with Crippen molar-refractivity contribution in [2.45, 2.75) is 76.9 Å². The van der Waals surface area contributed by atoms with E-state index in [-0.39, 0.29) is 18.2 Å². The van der Waals surface area contributed by atoms with Crippen LogP contribution in [0.4, 0.5) is 29.3 Å². The summed E-state index contributed by atoms with van der Waals surface area (Å²) in [5, 5.41) is 8.36. The highest BCUT2D eigenvalue weighted by Gasteiger charge is 2.33. The van der Waals surface area contributed by atoms with Gasteiger partial charge in [-0.25, -0.2) is 4.79 Å². The maximum Gasteiger partial charge on any atom is 0.416 e. The Bertz CT molecular complexity index is 1330. The minimum Gasteiger partial charge on any atom is -0.444 e. The Morgan fingerprint density at radius 1 is 1.11 bits per heavy atom. The van der Waals surface area contributed by atoms with Crippen molar-refractivity contribution in [3.8, 4) is 0 Å². The minimum atomic E-state index is -4.75. The van der Waals surface area contributed by atoms with Crippen LogP contribution >= 0.6 is 11.6 Å². The quantitative estimate of drug-likeness (QED) is 0.173. The molecule has 14 heteroatoms. The molecule has 1 heterocycles. The SMILES string of the molecule is CC(C)(C)OC(=O)Nc1ccc(C(F)(F)F)cc1C(=O)N[C@@H](CCCCN)C(=O)N[C@@H]1CCN(Cc2ccc(Cl)c(N)c2)C1. The number of nitrogen functional groups attached to an aromatic ring is 1. The topological polar surface area (TPSA) is 152 Å². The van der Waals surface area contributed by atoms with Crippen molar-refractivity contribution in [1.29, 1.82) is 0 Å². The number of alkyl halides is 3. The van der Waals surface area contributed by atoms with Gasteiger partial charge in [-0.3, -0.25) is 19.8 Å². The van der Waals surface area contributed by atoms with E-state index in [1.54, 1.807) is 32.9 Å². The lowest BCUT2D eigenvalue weighted by Gasteiger charge is -2.23. The van der Waals surface area contributed by atoms with Crippen molar-refractivity contribution in [2.24, 2.45) is 5.73 Å². The van der Waals surface area contributed by atoms with E-state index in [1.165, 1.54) is 0 Å². The highest BCUT2D eigenvalue weighted by molar-refractivity contribution is 6.33. The van der Waals surface area contributed by atoms with Crippen molar-refractivity contribution in [3.63, 3.8) is 0 Å². The number of carbonyl (C=O) groups excluding carboxylic acids is 3. The van der Waals surface area contributed by atoms with Crippen LogP contribution in [0.25, 0.3) is 0 Å². The Morgan fingerprint density at radius 2 is 1.84 bits per heavy atom. The molecular formula is C30H40ClF3N6O4. The minimum absolute atomic E-state index is 0.194. The number of amides is 3. The predicted molar refractivity (Wildman–Crippen MR) is 163 cm³/mol. The molecule has 2 aromatic rings. The Morgan fingerprint density at radius 3 is 2.48 bits per heavy atom. The van der Waals surface area contributed by atoms with Crippen LogP contribution < -0.4 is 27.4 Å². The third-order valence-electron chi connectivity index (χ3n) is 6.88. The number of nitrogens with zero attached hydrogens (tertiary/aromatic N) is 1. The van der Waals surface area contributed by atoms with Crippen LogP contribution in [0.2, 0.25) is 5.02 Å². The first kappa shape index (κ1) is 34.9. The molecule has 1 aliphatic rings. The van der Waals surface area contributed by atoms with E-state index >= 15 is 0 Å². The van der Waals surface area contributed by atoms with Gasteiger partial charge in [0.05, 0.1) is 27.5 Å². The summed E-state index contributed by atoms with van der Waals surface area (Å²) in [6, 6.07) is 6.52. The van der Waals surface area contributed by atoms with Gasteiger partial charge in [0.2, 0.25) is 5.91 Å². The summed E-state index contributed by atoms with van der Waals surface area (Å²) in [7, 11) is 0. The number of likely N-dealkylation sites (tertiary alicyclic amines) is 1. The molecule has 3 amide bonds. The zero-order valence-electron chi connectivity index (χ0n) is 25.0. The van der Waals surface area contributed by atoms with E-state index in [0.717, 1.165) is 17.7 Å². The fourth-order valence-corrected chi connectivity index (χ4v) is 4.89. The summed E-state index contributed by atoms with van der Waals surface area (Å²) in [4.78, 5) is 41.3. The summed E-state index contributed by atoms with van der Waals surface area (Å²) in [5.41, 5.74) is 10.3. The third kappa shape index (κ3) is 10.6. The van der Waals surface area contributed by atoms with Crippen LogP contribution in [0.1, 0.15) is 67.9 Å². The summed E-state index contributed by atoms with van der Waals surface area (Å²) < 4.78 is 45.8. The van der Waals surface area contributed by atoms with Crippen molar-refractivity contribution in [1.82, 2.24) is 15.5 Å². The van der Waals surface area contributed by atoms with Gasteiger partial charge in [-0.15, -0.1) is 0 Å². The highest BCUT2D eigenvalue weighted by atomic mass is 35.5. The Hall–Kier alpha value is -3.55. The molecule has 2 atom stereocenters. The normalized spacial score (nSPS) is 16.3. The maximum absolute atomic E-state index is 13.5. The molecule has 3 rings (SSSR count). The summed E-state index contributed by atoms with van der Waals surface area (Å²) in [6.07, 6.45) is -3.75. The van der Waals surface area contributed by atoms with Crippen LogP contribution in [0.15, 0.2) is 36.4 Å². The molecule has 10 nitrogen and oxygen atoms in total. The largest absolute Gasteiger partial charge is 0.444 e. The van der Waals surface area contributed by atoms with Crippen LogP contribution in [0, 0.1) is 0 Å². The van der Waals surface area contributed by atoms with E-state index in [0.29, 0.717) is 62.2 Å². The standard InChI is InChI=1S/C30H40ClF3N6O4/c1-29(2,3)44-28(43)39-24-10-8-19(30(32,33)34)15-21(24)26(41)38-25(6-4-5-12-35)27(42)37-20-11-13-40(17-20)16-18-7-9-22(31)23(36)14-18/h7-10,14-15,20,25H,4-6,11-13,16-17,35-36H2,1-3H3,(H,37,42)(H,38,41)(H,39,43)/t20-,25+/m1/s1. The van der Waals surface area contributed by atoms with Gasteiger partial charge in [-0.05, 0) is 88.9 Å². The molecule has 1 fully saturated rings. The smallest absolute Gasteiger partial charge is 0.416 e. The average molecular weight is 641 g/mol. The lowest BCUT2D eigenvalue weighted by atomic mass is 10.0. The zero-order valence-corrected chi connectivity index (χ0v) is 25.8. The number of ether oxygens (including phenoxy) is 1. The molecule has 0 aliphatic carbocycles. The van der Waals surface area contributed by atoms with Gasteiger partial charge < -0.3 is 26.8 Å². The molecule has 0 spiro atoms. The molecule has 0 radical (unpaired) electrons. The lowest BCUT2D eigenvalue weighted by molar-refractivity contribution is -0.137. The number of unbranched alkanes of at least 4 members (excludes halogenated alkanes) is 1. The summed E-state index contributed by atoms with van der Waals surface area (Å²) in [5.74, 6) is -1.42.